The summed E-state index contributed by atoms with van der Waals surface area (Å²) < 4.78 is 0. The van der Waals surface area contributed by atoms with Crippen molar-refractivity contribution in [1.29, 1.82) is 5.26 Å². The largest absolute Gasteiger partial charge is 0.396 e. The smallest absolute Gasteiger partial charge is 0.0859 e. The highest BCUT2D eigenvalue weighted by molar-refractivity contribution is 6.91. The van der Waals surface area contributed by atoms with Gasteiger partial charge in [-0.2, -0.15) is 5.26 Å². The number of hydrogen-bond donors (Lipinski definition) is 1. The van der Waals surface area contributed by atoms with Crippen LogP contribution in [-0.2, 0) is 0 Å². The van der Waals surface area contributed by atoms with E-state index in [2.05, 4.69) is 31.3 Å². The molecule has 0 heterocycles. The molecule has 2 nitrogen and oxygen atoms in total. The average Bonchev–Trinajstić information content (AvgIpc) is 2.31. The maximum atomic E-state index is 9.47. The highest BCUT2D eigenvalue weighted by Crippen LogP contribution is 2.26. The van der Waals surface area contributed by atoms with E-state index in [4.69, 9.17) is 5.26 Å². The van der Waals surface area contributed by atoms with Crippen molar-refractivity contribution in [3.8, 4) is 6.07 Å². The third kappa shape index (κ3) is 2.94. The highest BCUT2D eigenvalue weighted by Gasteiger charge is 2.32. The maximum Gasteiger partial charge on any atom is 0.0859 e. The molecule has 0 aliphatic carbocycles. The monoisotopic (exact) mass is 233 g/mol. The molecule has 1 N–H and O–H groups in total. The lowest BCUT2D eigenvalue weighted by Gasteiger charge is -2.31. The molecule has 0 saturated carbocycles. The number of nitrogens with zero attached hydrogens (tertiary/aromatic N) is 1. The summed E-state index contributed by atoms with van der Waals surface area (Å²) in [6.45, 7) is 4.72. The minimum Gasteiger partial charge on any atom is -0.396 e. The van der Waals surface area contributed by atoms with Gasteiger partial charge < -0.3 is 5.11 Å². The topological polar surface area (TPSA) is 44.0 Å². The van der Waals surface area contributed by atoms with E-state index in [1.54, 1.807) is 0 Å². The quantitative estimate of drug-likeness (QED) is 0.793. The van der Waals surface area contributed by atoms with Gasteiger partial charge in [0.05, 0.1) is 14.1 Å². The molecule has 1 aromatic rings. The van der Waals surface area contributed by atoms with E-state index in [0.29, 0.717) is 6.42 Å². The summed E-state index contributed by atoms with van der Waals surface area (Å²) in [7, 11) is -1.65. The van der Waals surface area contributed by atoms with E-state index in [1.807, 2.05) is 18.2 Å². The van der Waals surface area contributed by atoms with Gasteiger partial charge >= 0.3 is 0 Å². The Labute approximate surface area is 98.6 Å². The van der Waals surface area contributed by atoms with Crippen LogP contribution in [0.15, 0.2) is 30.3 Å². The van der Waals surface area contributed by atoms with Crippen molar-refractivity contribution in [2.45, 2.75) is 31.5 Å². The molecule has 0 saturated heterocycles. The predicted molar refractivity (Wildman–Crippen MR) is 69.2 cm³/mol. The minimum atomic E-state index is -1.65. The van der Waals surface area contributed by atoms with Crippen molar-refractivity contribution in [1.82, 2.24) is 0 Å². The van der Waals surface area contributed by atoms with E-state index in [-0.39, 0.29) is 12.1 Å². The Hall–Kier alpha value is -1.11. The van der Waals surface area contributed by atoms with Crippen molar-refractivity contribution < 1.29 is 5.11 Å². The lowest BCUT2D eigenvalue weighted by Crippen LogP contribution is -2.47. The van der Waals surface area contributed by atoms with Crippen molar-refractivity contribution in [2.75, 3.05) is 6.61 Å². The number of nitriles is 1. The second kappa shape index (κ2) is 5.83. The summed E-state index contributed by atoms with van der Waals surface area (Å²) in [5, 5.41) is 19.5. The minimum absolute atomic E-state index is 0.190. The first kappa shape index (κ1) is 13.0. The number of aliphatic hydroxyl groups is 1. The van der Waals surface area contributed by atoms with Crippen molar-refractivity contribution >= 4 is 13.3 Å². The maximum absolute atomic E-state index is 9.47. The van der Waals surface area contributed by atoms with Gasteiger partial charge in [0.1, 0.15) is 0 Å². The van der Waals surface area contributed by atoms with Crippen LogP contribution < -0.4 is 5.19 Å². The lowest BCUT2D eigenvalue weighted by molar-refractivity contribution is 0.282. The molecule has 16 heavy (non-hydrogen) atoms. The molecule has 1 aromatic carbocycles. The van der Waals surface area contributed by atoms with E-state index in [9.17, 15) is 5.11 Å². The third-order valence-corrected chi connectivity index (χ3v) is 7.70. The van der Waals surface area contributed by atoms with Gasteiger partial charge in [0, 0.05) is 13.0 Å². The summed E-state index contributed by atoms with van der Waals surface area (Å²) >= 11 is 0. The highest BCUT2D eigenvalue weighted by atomic mass is 28.3. The Kier molecular flexibility index (Phi) is 4.72. The number of benzene rings is 1. The first-order valence-electron chi connectivity index (χ1n) is 5.66. The van der Waals surface area contributed by atoms with Gasteiger partial charge in [0.25, 0.3) is 0 Å². The van der Waals surface area contributed by atoms with Gasteiger partial charge in [-0.05, 0) is 12.0 Å². The standard InChI is InChI=1S/C13H19NOSi/c1-16(2,12-7-4-3-5-8-12)13(11-15)9-6-10-14/h3-5,7-8,13,15H,6,9,11H2,1-2H3. The molecule has 0 bridgehead atoms. The predicted octanol–water partition coefficient (Wildman–Crippen LogP) is 2.27. The van der Waals surface area contributed by atoms with Gasteiger partial charge in [0.15, 0.2) is 0 Å². The molecule has 0 amide bonds. The molecule has 0 fully saturated rings. The summed E-state index contributed by atoms with van der Waals surface area (Å²) in [6.07, 6.45) is 1.34. The van der Waals surface area contributed by atoms with Gasteiger partial charge in [-0.15, -0.1) is 0 Å². The molecule has 0 spiro atoms. The summed E-state index contributed by atoms with van der Waals surface area (Å²) in [5.41, 5.74) is 0.273. The molecule has 3 heteroatoms. The zero-order chi connectivity index (χ0) is 12.0. The second-order valence-electron chi connectivity index (χ2n) is 4.66. The lowest BCUT2D eigenvalue weighted by atomic mass is 10.2. The molecule has 0 aromatic heterocycles. The van der Waals surface area contributed by atoms with E-state index in [0.717, 1.165) is 6.42 Å². The van der Waals surface area contributed by atoms with E-state index < -0.39 is 8.07 Å². The van der Waals surface area contributed by atoms with Crippen LogP contribution in [0.25, 0.3) is 0 Å². The van der Waals surface area contributed by atoms with Gasteiger partial charge in [0.2, 0.25) is 0 Å². The SMILES string of the molecule is C[Si](C)(c1ccccc1)C(CO)CCC#N. The zero-order valence-electron chi connectivity index (χ0n) is 9.98. The van der Waals surface area contributed by atoms with Crippen LogP contribution in [0.5, 0.6) is 0 Å². The normalized spacial score (nSPS) is 13.1. The fraction of sp³-hybridized carbons (Fsp3) is 0.462. The Morgan fingerprint density at radius 3 is 2.44 bits per heavy atom. The molecule has 1 unspecified atom stereocenters. The summed E-state index contributed by atoms with van der Waals surface area (Å²) in [4.78, 5) is 0. The van der Waals surface area contributed by atoms with Crippen molar-refractivity contribution in [2.24, 2.45) is 0 Å². The molecule has 0 radical (unpaired) electrons. The molecular weight excluding hydrogens is 214 g/mol. The fourth-order valence-electron chi connectivity index (χ4n) is 2.02. The van der Waals surface area contributed by atoms with Crippen LogP contribution in [0.3, 0.4) is 0 Å². The first-order valence-corrected chi connectivity index (χ1v) is 8.74. The molecule has 86 valence electrons. The van der Waals surface area contributed by atoms with Gasteiger partial charge in [-0.3, -0.25) is 0 Å². The van der Waals surface area contributed by atoms with Gasteiger partial charge in [-0.1, -0.05) is 48.6 Å². The van der Waals surface area contributed by atoms with Crippen LogP contribution in [0.2, 0.25) is 18.6 Å². The Morgan fingerprint density at radius 2 is 1.94 bits per heavy atom. The van der Waals surface area contributed by atoms with Crippen molar-refractivity contribution in [3.05, 3.63) is 30.3 Å². The molecular formula is C13H19NOSi. The van der Waals surface area contributed by atoms with E-state index >= 15 is 0 Å². The Balaban J connectivity index is 2.86. The molecule has 0 aliphatic rings. The molecule has 0 aliphatic heterocycles. The van der Waals surface area contributed by atoms with Crippen LogP contribution in [0.4, 0.5) is 0 Å². The number of rotatable bonds is 5. The molecule has 1 rings (SSSR count). The van der Waals surface area contributed by atoms with Crippen LogP contribution in [-0.4, -0.2) is 19.8 Å². The van der Waals surface area contributed by atoms with Crippen molar-refractivity contribution in [3.63, 3.8) is 0 Å². The van der Waals surface area contributed by atoms with E-state index in [1.165, 1.54) is 5.19 Å². The average molecular weight is 233 g/mol. The second-order valence-corrected chi connectivity index (χ2v) is 9.50. The fourth-order valence-corrected chi connectivity index (χ4v) is 4.87. The zero-order valence-corrected chi connectivity index (χ0v) is 11.0. The third-order valence-electron chi connectivity index (χ3n) is 3.36. The number of aliphatic hydroxyl groups excluding tert-OH is 1. The Bertz CT molecular complexity index is 356. The summed E-state index contributed by atoms with van der Waals surface area (Å²) in [5.74, 6) is 0. The van der Waals surface area contributed by atoms with Crippen LogP contribution in [0.1, 0.15) is 12.8 Å². The summed E-state index contributed by atoms with van der Waals surface area (Å²) in [6, 6.07) is 12.5. The Morgan fingerprint density at radius 1 is 1.31 bits per heavy atom. The van der Waals surface area contributed by atoms with Gasteiger partial charge in [-0.25, -0.2) is 0 Å². The molecule has 1 atom stereocenters. The number of hydrogen-bond acceptors (Lipinski definition) is 2. The first-order chi connectivity index (χ1) is 7.62. The van der Waals surface area contributed by atoms with Crippen LogP contribution in [0, 0.1) is 11.3 Å². The van der Waals surface area contributed by atoms with Crippen LogP contribution >= 0.6 is 0 Å².